The molecular weight excluding hydrogens is 306 g/mol. The quantitative estimate of drug-likeness (QED) is 0.759. The van der Waals surface area contributed by atoms with Gasteiger partial charge in [-0.05, 0) is 49.6 Å². The normalized spacial score (nSPS) is 13.0. The average Bonchev–Trinajstić information content (AvgIpc) is 2.54. The van der Waals surface area contributed by atoms with E-state index >= 15 is 0 Å². The molecule has 0 saturated carbocycles. The van der Waals surface area contributed by atoms with E-state index in [1.54, 1.807) is 36.7 Å². The number of carbonyl (C=O) groups is 2. The monoisotopic (exact) mass is 327 g/mol. The molecule has 2 rings (SSSR count). The Morgan fingerprint density at radius 3 is 2.21 bits per heavy atom. The number of carbonyl (C=O) groups excluding carboxylic acids is 2. The molecule has 6 nitrogen and oxygen atoms in total. The number of pyridine rings is 1. The fourth-order valence-corrected chi connectivity index (χ4v) is 2.16. The second-order valence-corrected chi connectivity index (χ2v) is 5.84. The number of hydrogen-bond acceptors (Lipinski definition) is 4. The maximum absolute atomic E-state index is 12.2. The number of hydrogen-bond donors (Lipinski definition) is 3. The largest absolute Gasteiger partial charge is 0.380 e. The first-order valence-electron chi connectivity index (χ1n) is 7.67. The van der Waals surface area contributed by atoms with E-state index in [-0.39, 0.29) is 12.3 Å². The van der Waals surface area contributed by atoms with Crippen LogP contribution in [0.4, 0.5) is 11.4 Å². The van der Waals surface area contributed by atoms with E-state index in [1.165, 1.54) is 13.8 Å². The number of aromatic nitrogens is 1. The van der Waals surface area contributed by atoms with Gasteiger partial charge in [0.15, 0.2) is 0 Å². The molecule has 0 aliphatic heterocycles. The lowest BCUT2D eigenvalue weighted by molar-refractivity contribution is -0.132. The standard InChI is InChI=1S/C18H21N3O3/c1-13(22)20-15-5-3-14(4-6-15)7-10-18(2,24)17(23)21-16-8-11-19-12-9-16/h3-6,8-9,11-12,24H,7,10H2,1-2H3,(H,20,22)(H,19,21,23). The highest BCUT2D eigenvalue weighted by Crippen LogP contribution is 2.18. The Labute approximate surface area is 140 Å². The van der Waals surface area contributed by atoms with E-state index in [4.69, 9.17) is 0 Å². The number of anilines is 2. The second-order valence-electron chi connectivity index (χ2n) is 5.84. The van der Waals surface area contributed by atoms with E-state index in [9.17, 15) is 14.7 Å². The van der Waals surface area contributed by atoms with Crippen molar-refractivity contribution in [3.05, 3.63) is 54.4 Å². The fourth-order valence-electron chi connectivity index (χ4n) is 2.16. The van der Waals surface area contributed by atoms with Crippen molar-refractivity contribution in [3.8, 4) is 0 Å². The number of nitrogens with zero attached hydrogens (tertiary/aromatic N) is 1. The fraction of sp³-hybridized carbons (Fsp3) is 0.278. The molecule has 0 aliphatic carbocycles. The molecule has 0 saturated heterocycles. The van der Waals surface area contributed by atoms with Crippen molar-refractivity contribution in [3.63, 3.8) is 0 Å². The zero-order valence-electron chi connectivity index (χ0n) is 13.7. The Morgan fingerprint density at radius 1 is 1.04 bits per heavy atom. The summed E-state index contributed by atoms with van der Waals surface area (Å²) in [6.45, 7) is 2.95. The Hall–Kier alpha value is -2.73. The van der Waals surface area contributed by atoms with Crippen LogP contribution in [0.5, 0.6) is 0 Å². The third-order valence-corrected chi connectivity index (χ3v) is 3.60. The van der Waals surface area contributed by atoms with Crippen LogP contribution in [0.1, 0.15) is 25.8 Å². The summed E-state index contributed by atoms with van der Waals surface area (Å²) in [5, 5.41) is 15.8. The summed E-state index contributed by atoms with van der Waals surface area (Å²) in [5.41, 5.74) is 0.795. The molecular formula is C18H21N3O3. The Morgan fingerprint density at radius 2 is 1.62 bits per heavy atom. The molecule has 0 spiro atoms. The number of aryl methyl sites for hydroxylation is 1. The van der Waals surface area contributed by atoms with Gasteiger partial charge in [0.1, 0.15) is 5.60 Å². The molecule has 6 heteroatoms. The number of aliphatic hydroxyl groups is 1. The zero-order chi connectivity index (χ0) is 17.6. The Kier molecular flexibility index (Phi) is 5.65. The predicted molar refractivity (Wildman–Crippen MR) is 92.6 cm³/mol. The highest BCUT2D eigenvalue weighted by molar-refractivity contribution is 5.96. The minimum Gasteiger partial charge on any atom is -0.380 e. The maximum Gasteiger partial charge on any atom is 0.256 e. The summed E-state index contributed by atoms with van der Waals surface area (Å²) < 4.78 is 0. The van der Waals surface area contributed by atoms with Gasteiger partial charge >= 0.3 is 0 Å². The van der Waals surface area contributed by atoms with E-state index in [1.807, 2.05) is 12.1 Å². The lowest BCUT2D eigenvalue weighted by Gasteiger charge is -2.22. The van der Waals surface area contributed by atoms with Crippen LogP contribution in [0.3, 0.4) is 0 Å². The molecule has 2 aromatic rings. The van der Waals surface area contributed by atoms with Gasteiger partial charge in [-0.15, -0.1) is 0 Å². The molecule has 126 valence electrons. The van der Waals surface area contributed by atoms with Crippen LogP contribution in [0.2, 0.25) is 0 Å². The molecule has 1 aromatic carbocycles. The summed E-state index contributed by atoms with van der Waals surface area (Å²) in [7, 11) is 0. The number of benzene rings is 1. The van der Waals surface area contributed by atoms with Crippen LogP contribution in [0.25, 0.3) is 0 Å². The van der Waals surface area contributed by atoms with Crippen molar-refractivity contribution < 1.29 is 14.7 Å². The molecule has 1 aromatic heterocycles. The first-order valence-corrected chi connectivity index (χ1v) is 7.67. The highest BCUT2D eigenvalue weighted by Gasteiger charge is 2.29. The molecule has 1 unspecified atom stereocenters. The minimum absolute atomic E-state index is 0.126. The van der Waals surface area contributed by atoms with Crippen LogP contribution in [-0.2, 0) is 16.0 Å². The molecule has 0 fully saturated rings. The van der Waals surface area contributed by atoms with Crippen LogP contribution in [0.15, 0.2) is 48.8 Å². The van der Waals surface area contributed by atoms with Crippen LogP contribution < -0.4 is 10.6 Å². The number of rotatable bonds is 6. The second kappa shape index (κ2) is 7.70. The Balaban J connectivity index is 1.91. The van der Waals surface area contributed by atoms with Crippen molar-refractivity contribution in [2.75, 3.05) is 10.6 Å². The van der Waals surface area contributed by atoms with Crippen molar-refractivity contribution in [1.82, 2.24) is 4.98 Å². The van der Waals surface area contributed by atoms with E-state index in [0.717, 1.165) is 5.56 Å². The highest BCUT2D eigenvalue weighted by atomic mass is 16.3. The zero-order valence-corrected chi connectivity index (χ0v) is 13.7. The van der Waals surface area contributed by atoms with E-state index in [2.05, 4.69) is 15.6 Å². The van der Waals surface area contributed by atoms with Gasteiger partial charge < -0.3 is 15.7 Å². The molecule has 24 heavy (non-hydrogen) atoms. The summed E-state index contributed by atoms with van der Waals surface area (Å²) in [6, 6.07) is 10.6. The van der Waals surface area contributed by atoms with Gasteiger partial charge in [-0.3, -0.25) is 14.6 Å². The first kappa shape index (κ1) is 17.6. The van der Waals surface area contributed by atoms with Gasteiger partial charge in [0, 0.05) is 30.7 Å². The van der Waals surface area contributed by atoms with Crippen molar-refractivity contribution in [1.29, 1.82) is 0 Å². The molecule has 2 amide bonds. The van der Waals surface area contributed by atoms with Crippen LogP contribution >= 0.6 is 0 Å². The maximum atomic E-state index is 12.2. The van der Waals surface area contributed by atoms with E-state index < -0.39 is 11.5 Å². The van der Waals surface area contributed by atoms with Crippen LogP contribution in [-0.4, -0.2) is 27.5 Å². The lowest BCUT2D eigenvalue weighted by Crippen LogP contribution is -2.40. The molecule has 3 N–H and O–H groups in total. The minimum atomic E-state index is -1.49. The first-order chi connectivity index (χ1) is 11.4. The molecule has 0 radical (unpaired) electrons. The Bertz CT molecular complexity index is 697. The third kappa shape index (κ3) is 5.17. The van der Waals surface area contributed by atoms with E-state index in [0.29, 0.717) is 17.8 Å². The summed E-state index contributed by atoms with van der Waals surface area (Å²) in [5.74, 6) is -0.581. The predicted octanol–water partition coefficient (Wildman–Crippen LogP) is 2.36. The van der Waals surface area contributed by atoms with Gasteiger partial charge in [0.2, 0.25) is 5.91 Å². The van der Waals surface area contributed by atoms with Gasteiger partial charge in [0.05, 0.1) is 0 Å². The molecule has 0 bridgehead atoms. The lowest BCUT2D eigenvalue weighted by atomic mass is 9.95. The number of nitrogens with one attached hydrogen (secondary N) is 2. The van der Waals surface area contributed by atoms with Crippen molar-refractivity contribution >= 4 is 23.2 Å². The van der Waals surface area contributed by atoms with Crippen LogP contribution in [0, 0.1) is 0 Å². The van der Waals surface area contributed by atoms with Crippen molar-refractivity contribution in [2.45, 2.75) is 32.3 Å². The molecule has 1 atom stereocenters. The van der Waals surface area contributed by atoms with Gasteiger partial charge in [-0.1, -0.05) is 12.1 Å². The SMILES string of the molecule is CC(=O)Nc1ccc(CCC(C)(O)C(=O)Nc2ccncc2)cc1. The summed E-state index contributed by atoms with van der Waals surface area (Å²) >= 11 is 0. The molecule has 0 aliphatic rings. The summed E-state index contributed by atoms with van der Waals surface area (Å²) in [4.78, 5) is 27.1. The summed E-state index contributed by atoms with van der Waals surface area (Å²) in [6.07, 6.45) is 3.96. The van der Waals surface area contributed by atoms with Gasteiger partial charge in [0.25, 0.3) is 5.91 Å². The van der Waals surface area contributed by atoms with Crippen molar-refractivity contribution in [2.24, 2.45) is 0 Å². The average molecular weight is 327 g/mol. The topological polar surface area (TPSA) is 91.3 Å². The van der Waals surface area contributed by atoms with Gasteiger partial charge in [-0.25, -0.2) is 0 Å². The van der Waals surface area contributed by atoms with Gasteiger partial charge in [-0.2, -0.15) is 0 Å². The third-order valence-electron chi connectivity index (χ3n) is 3.60. The number of amides is 2. The smallest absolute Gasteiger partial charge is 0.256 e. The molecule has 1 heterocycles.